The maximum atomic E-state index is 5.00. The number of hydrogen-bond donors (Lipinski definition) is 0. The Labute approximate surface area is 231 Å². The molecule has 0 unspecified atom stereocenters. The average molecular weight is 520 g/mol. The van der Waals surface area contributed by atoms with E-state index in [9.17, 15) is 0 Å². The number of para-hydroxylation sites is 2. The molecular formula is C35H25N3S. The first-order valence-corrected chi connectivity index (χ1v) is 14.1. The lowest BCUT2D eigenvalue weighted by atomic mass is 9.73. The molecule has 0 saturated heterocycles. The van der Waals surface area contributed by atoms with Gasteiger partial charge in [-0.2, -0.15) is 0 Å². The van der Waals surface area contributed by atoms with Crippen molar-refractivity contribution in [3.63, 3.8) is 0 Å². The van der Waals surface area contributed by atoms with Crippen LogP contribution in [0, 0.1) is 0 Å². The Morgan fingerprint density at radius 2 is 1.26 bits per heavy atom. The highest BCUT2D eigenvalue weighted by atomic mass is 32.1. The van der Waals surface area contributed by atoms with Crippen LogP contribution in [0.4, 0.5) is 17.1 Å². The van der Waals surface area contributed by atoms with Crippen molar-refractivity contribution in [3.05, 3.63) is 126 Å². The molecule has 0 amide bonds. The molecule has 0 radical (unpaired) electrons. The molecule has 4 heteroatoms. The Hall–Kier alpha value is -4.54. The van der Waals surface area contributed by atoms with Gasteiger partial charge >= 0.3 is 0 Å². The average Bonchev–Trinajstić information content (AvgIpc) is 3.34. The number of fused-ring (bicyclic) bond motifs is 6. The van der Waals surface area contributed by atoms with Gasteiger partial charge in [-0.3, -0.25) is 0 Å². The minimum atomic E-state index is -0.0599. The summed E-state index contributed by atoms with van der Waals surface area (Å²) in [6.07, 6.45) is 0. The van der Waals surface area contributed by atoms with Crippen molar-refractivity contribution in [1.29, 1.82) is 0 Å². The van der Waals surface area contributed by atoms with Crippen molar-refractivity contribution in [2.75, 3.05) is 4.90 Å². The Morgan fingerprint density at radius 3 is 2.00 bits per heavy atom. The largest absolute Gasteiger partial charge is 0.310 e. The van der Waals surface area contributed by atoms with Crippen LogP contribution in [0.3, 0.4) is 0 Å². The molecule has 8 rings (SSSR count). The molecule has 0 fully saturated rings. The van der Waals surface area contributed by atoms with E-state index >= 15 is 0 Å². The van der Waals surface area contributed by atoms with Gasteiger partial charge in [0, 0.05) is 21.2 Å². The van der Waals surface area contributed by atoms with Gasteiger partial charge in [0.2, 0.25) is 0 Å². The summed E-state index contributed by atoms with van der Waals surface area (Å²) < 4.78 is 1.22. The Kier molecular flexibility index (Phi) is 4.73. The minimum Gasteiger partial charge on any atom is -0.310 e. The van der Waals surface area contributed by atoms with Gasteiger partial charge < -0.3 is 4.90 Å². The molecular weight excluding hydrogens is 494 g/mol. The predicted molar refractivity (Wildman–Crippen MR) is 165 cm³/mol. The molecule has 3 heterocycles. The van der Waals surface area contributed by atoms with E-state index in [2.05, 4.69) is 134 Å². The molecule has 5 aromatic carbocycles. The van der Waals surface area contributed by atoms with Gasteiger partial charge in [-0.25, -0.2) is 9.97 Å². The second kappa shape index (κ2) is 8.23. The normalized spacial score (nSPS) is 14.1. The zero-order valence-electron chi connectivity index (χ0n) is 21.7. The van der Waals surface area contributed by atoms with Crippen molar-refractivity contribution < 1.29 is 0 Å². The van der Waals surface area contributed by atoms with Gasteiger partial charge in [-0.15, -0.1) is 11.3 Å². The number of thiophene rings is 1. The van der Waals surface area contributed by atoms with Gasteiger partial charge in [0.25, 0.3) is 0 Å². The summed E-state index contributed by atoms with van der Waals surface area (Å²) in [7, 11) is 0. The fourth-order valence-corrected chi connectivity index (χ4v) is 7.10. The third kappa shape index (κ3) is 3.35. The lowest BCUT2D eigenvalue weighted by Crippen LogP contribution is -2.30. The van der Waals surface area contributed by atoms with E-state index in [4.69, 9.17) is 9.97 Å². The van der Waals surface area contributed by atoms with E-state index in [1.54, 1.807) is 11.3 Å². The van der Waals surface area contributed by atoms with Gasteiger partial charge in [0.15, 0.2) is 0 Å². The topological polar surface area (TPSA) is 29.0 Å². The Balaban J connectivity index is 1.21. The molecule has 39 heavy (non-hydrogen) atoms. The monoisotopic (exact) mass is 519 g/mol. The van der Waals surface area contributed by atoms with E-state index in [0.717, 1.165) is 38.2 Å². The van der Waals surface area contributed by atoms with Crippen LogP contribution in [-0.4, -0.2) is 9.97 Å². The Bertz CT molecular complexity index is 2000. The minimum absolute atomic E-state index is 0.0599. The summed E-state index contributed by atoms with van der Waals surface area (Å²) in [5.41, 5.74) is 11.4. The molecule has 7 aromatic rings. The number of benzene rings is 5. The fourth-order valence-electron chi connectivity index (χ4n) is 6.07. The van der Waals surface area contributed by atoms with Crippen LogP contribution in [0.15, 0.2) is 115 Å². The van der Waals surface area contributed by atoms with Gasteiger partial charge in [0.05, 0.1) is 22.4 Å². The molecule has 0 saturated carbocycles. The number of nitrogens with zero attached hydrogens (tertiary/aromatic N) is 3. The molecule has 0 N–H and O–H groups in total. The van der Waals surface area contributed by atoms with Crippen LogP contribution in [0.1, 0.15) is 25.0 Å². The molecule has 0 aliphatic carbocycles. The third-order valence-corrected chi connectivity index (χ3v) is 9.13. The Morgan fingerprint density at radius 1 is 0.615 bits per heavy atom. The van der Waals surface area contributed by atoms with Gasteiger partial charge in [-0.1, -0.05) is 86.6 Å². The molecule has 0 bridgehead atoms. The van der Waals surface area contributed by atoms with E-state index in [1.165, 1.54) is 32.6 Å². The number of rotatable bonds is 2. The maximum Gasteiger partial charge on any atom is 0.143 e. The molecule has 0 atom stereocenters. The first-order chi connectivity index (χ1) is 19.1. The van der Waals surface area contributed by atoms with Crippen LogP contribution in [0.25, 0.3) is 42.6 Å². The summed E-state index contributed by atoms with van der Waals surface area (Å²) in [4.78, 5) is 13.4. The second-order valence-electron chi connectivity index (χ2n) is 10.7. The molecule has 1 aliphatic rings. The summed E-state index contributed by atoms with van der Waals surface area (Å²) in [6, 6.07) is 41.2. The van der Waals surface area contributed by atoms with Crippen LogP contribution in [0.5, 0.6) is 0 Å². The summed E-state index contributed by atoms with van der Waals surface area (Å²) in [5, 5.41) is 1.18. The summed E-state index contributed by atoms with van der Waals surface area (Å²) in [6.45, 7) is 4.64. The van der Waals surface area contributed by atoms with E-state index < -0.39 is 0 Å². The van der Waals surface area contributed by atoms with Crippen LogP contribution in [-0.2, 0) is 5.41 Å². The SMILES string of the molecule is CC1(C)c2ccccc2N(c2ccc(-c3ccc4nc5c(nc4c3)sc3ccccc35)cc2)c2ccccc21. The molecule has 3 nitrogen and oxygen atoms in total. The maximum absolute atomic E-state index is 5.00. The smallest absolute Gasteiger partial charge is 0.143 e. The number of aromatic nitrogens is 2. The van der Waals surface area contributed by atoms with Crippen LogP contribution in [0.2, 0.25) is 0 Å². The highest BCUT2D eigenvalue weighted by Crippen LogP contribution is 2.51. The van der Waals surface area contributed by atoms with Gasteiger partial charge in [-0.05, 0) is 64.7 Å². The van der Waals surface area contributed by atoms with E-state index in [0.29, 0.717) is 0 Å². The molecule has 2 aromatic heterocycles. The summed E-state index contributed by atoms with van der Waals surface area (Å²) in [5.74, 6) is 0. The van der Waals surface area contributed by atoms with Crippen molar-refractivity contribution in [3.8, 4) is 11.1 Å². The van der Waals surface area contributed by atoms with Crippen molar-refractivity contribution in [2.24, 2.45) is 0 Å². The quantitative estimate of drug-likeness (QED) is 0.228. The highest BCUT2D eigenvalue weighted by Gasteiger charge is 2.36. The van der Waals surface area contributed by atoms with Crippen molar-refractivity contribution >= 4 is 59.9 Å². The van der Waals surface area contributed by atoms with E-state index in [1.807, 2.05) is 0 Å². The molecule has 186 valence electrons. The molecule has 1 aliphatic heterocycles. The zero-order chi connectivity index (χ0) is 26.1. The lowest BCUT2D eigenvalue weighted by molar-refractivity contribution is 0.632. The first-order valence-electron chi connectivity index (χ1n) is 13.3. The summed E-state index contributed by atoms with van der Waals surface area (Å²) >= 11 is 1.71. The lowest BCUT2D eigenvalue weighted by Gasteiger charge is -2.42. The molecule has 0 spiro atoms. The second-order valence-corrected chi connectivity index (χ2v) is 11.8. The highest BCUT2D eigenvalue weighted by molar-refractivity contribution is 7.25. The van der Waals surface area contributed by atoms with Gasteiger partial charge in [0.1, 0.15) is 10.3 Å². The van der Waals surface area contributed by atoms with Crippen molar-refractivity contribution in [2.45, 2.75) is 19.3 Å². The fraction of sp³-hybridized carbons (Fsp3) is 0.0857. The van der Waals surface area contributed by atoms with Crippen LogP contribution >= 0.6 is 11.3 Å². The van der Waals surface area contributed by atoms with Crippen LogP contribution < -0.4 is 4.90 Å². The first kappa shape index (κ1) is 22.4. The van der Waals surface area contributed by atoms with Crippen molar-refractivity contribution in [1.82, 2.24) is 9.97 Å². The number of hydrogen-bond acceptors (Lipinski definition) is 4. The third-order valence-electron chi connectivity index (χ3n) is 8.08. The number of anilines is 3. The van der Waals surface area contributed by atoms with E-state index in [-0.39, 0.29) is 5.41 Å². The zero-order valence-corrected chi connectivity index (χ0v) is 22.5. The predicted octanol–water partition coefficient (Wildman–Crippen LogP) is 9.77. The standard InChI is InChI=1S/C35H25N3S/c1-35(2)26-10-4-6-12-30(26)38(31-13-7-5-11-27(31)35)24-18-15-22(16-19-24)23-17-20-28-29(21-23)37-34-33(36-28)25-9-3-8-14-32(25)39-34/h3-21H,1-2H3.